The number of benzene rings is 1. The molecule has 0 spiro atoms. The van der Waals surface area contributed by atoms with Gasteiger partial charge >= 0.3 is 5.97 Å². The maximum atomic E-state index is 11.4. The summed E-state index contributed by atoms with van der Waals surface area (Å²) in [5.74, 6) is -0.600. The highest BCUT2D eigenvalue weighted by Crippen LogP contribution is 2.05. The van der Waals surface area contributed by atoms with Crippen LogP contribution in [-0.4, -0.2) is 18.5 Å². The van der Waals surface area contributed by atoms with E-state index in [-0.39, 0.29) is 12.3 Å². The van der Waals surface area contributed by atoms with Crippen molar-refractivity contribution < 1.29 is 14.3 Å². The molecule has 0 radical (unpaired) electrons. The molecule has 1 rings (SSSR count). The van der Waals surface area contributed by atoms with Gasteiger partial charge in [0.1, 0.15) is 0 Å². The van der Waals surface area contributed by atoms with Crippen LogP contribution in [0.15, 0.2) is 42.5 Å². The third-order valence-electron chi connectivity index (χ3n) is 1.90. The van der Waals surface area contributed by atoms with E-state index in [9.17, 15) is 9.59 Å². The van der Waals surface area contributed by atoms with Crippen LogP contribution < -0.4 is 5.32 Å². The molecular weight excluding hydrogens is 218 g/mol. The van der Waals surface area contributed by atoms with Crippen molar-refractivity contribution in [3.8, 4) is 0 Å². The van der Waals surface area contributed by atoms with Gasteiger partial charge in [-0.3, -0.25) is 4.79 Å². The van der Waals surface area contributed by atoms with Gasteiger partial charge in [-0.05, 0) is 19.1 Å². The molecule has 0 heterocycles. The molecule has 1 amide bonds. The Kier molecular flexibility index (Phi) is 5.51. The van der Waals surface area contributed by atoms with Crippen molar-refractivity contribution in [2.75, 3.05) is 11.9 Å². The lowest BCUT2D eigenvalue weighted by Crippen LogP contribution is -2.10. The fourth-order valence-electron chi connectivity index (χ4n) is 1.19. The van der Waals surface area contributed by atoms with Crippen molar-refractivity contribution in [3.63, 3.8) is 0 Å². The lowest BCUT2D eigenvalue weighted by Gasteiger charge is -2.01. The minimum absolute atomic E-state index is 0.147. The average Bonchev–Trinajstić information content (AvgIpc) is 2.30. The van der Waals surface area contributed by atoms with E-state index in [1.807, 2.05) is 18.2 Å². The number of hydrogen-bond donors (Lipinski definition) is 1. The van der Waals surface area contributed by atoms with Gasteiger partial charge in [0.05, 0.1) is 6.61 Å². The molecule has 0 saturated carbocycles. The number of ether oxygens (including phenoxy) is 1. The number of rotatable bonds is 5. The SMILES string of the molecule is CCOC(=O)/C=C/CC(=O)Nc1ccccc1. The molecule has 0 unspecified atom stereocenters. The molecule has 17 heavy (non-hydrogen) atoms. The van der Waals surface area contributed by atoms with Gasteiger partial charge in [-0.25, -0.2) is 4.79 Å². The smallest absolute Gasteiger partial charge is 0.330 e. The number of esters is 1. The first-order valence-electron chi connectivity index (χ1n) is 5.40. The predicted octanol–water partition coefficient (Wildman–Crippen LogP) is 2.13. The van der Waals surface area contributed by atoms with Crippen LogP contribution in [0.3, 0.4) is 0 Å². The second-order valence-electron chi connectivity index (χ2n) is 3.27. The summed E-state index contributed by atoms with van der Waals surface area (Å²) in [5.41, 5.74) is 0.738. The monoisotopic (exact) mass is 233 g/mol. The summed E-state index contributed by atoms with van der Waals surface area (Å²) in [6.45, 7) is 2.06. The fraction of sp³-hybridized carbons (Fsp3) is 0.231. The lowest BCUT2D eigenvalue weighted by atomic mass is 10.3. The Bertz CT molecular complexity index is 398. The van der Waals surface area contributed by atoms with Crippen LogP contribution in [-0.2, 0) is 14.3 Å². The molecule has 4 heteroatoms. The zero-order valence-corrected chi connectivity index (χ0v) is 9.68. The zero-order chi connectivity index (χ0) is 12.5. The summed E-state index contributed by atoms with van der Waals surface area (Å²) >= 11 is 0. The normalized spacial score (nSPS) is 10.2. The molecule has 4 nitrogen and oxygen atoms in total. The fourth-order valence-corrected chi connectivity index (χ4v) is 1.19. The second kappa shape index (κ2) is 7.22. The molecule has 1 N–H and O–H groups in total. The van der Waals surface area contributed by atoms with Crippen LogP contribution in [0.2, 0.25) is 0 Å². The number of nitrogens with one attached hydrogen (secondary N) is 1. The van der Waals surface area contributed by atoms with E-state index in [1.165, 1.54) is 12.2 Å². The Morgan fingerprint density at radius 3 is 2.65 bits per heavy atom. The predicted molar refractivity (Wildman–Crippen MR) is 65.5 cm³/mol. The standard InChI is InChI=1S/C13H15NO3/c1-2-17-13(16)10-6-9-12(15)14-11-7-4-3-5-8-11/h3-8,10H,2,9H2,1H3,(H,14,15)/b10-6+. The van der Waals surface area contributed by atoms with Gasteiger partial charge in [-0.2, -0.15) is 0 Å². The first-order valence-corrected chi connectivity index (χ1v) is 5.40. The Morgan fingerprint density at radius 2 is 2.00 bits per heavy atom. The van der Waals surface area contributed by atoms with E-state index in [4.69, 9.17) is 0 Å². The van der Waals surface area contributed by atoms with Gasteiger partial charge in [0.2, 0.25) is 5.91 Å². The molecule has 90 valence electrons. The molecule has 0 atom stereocenters. The number of anilines is 1. The summed E-state index contributed by atoms with van der Waals surface area (Å²) in [4.78, 5) is 22.4. The maximum absolute atomic E-state index is 11.4. The topological polar surface area (TPSA) is 55.4 Å². The Balaban J connectivity index is 2.33. The van der Waals surface area contributed by atoms with Crippen LogP contribution in [0, 0.1) is 0 Å². The van der Waals surface area contributed by atoms with Crippen LogP contribution in [0.25, 0.3) is 0 Å². The van der Waals surface area contributed by atoms with Crippen LogP contribution in [0.1, 0.15) is 13.3 Å². The molecule has 0 aliphatic carbocycles. The number of para-hydroxylation sites is 1. The summed E-state index contributed by atoms with van der Waals surface area (Å²) in [6.07, 6.45) is 2.89. The van der Waals surface area contributed by atoms with E-state index < -0.39 is 5.97 Å². The van der Waals surface area contributed by atoms with Gasteiger partial charge in [-0.1, -0.05) is 24.3 Å². The number of carbonyl (C=O) groups is 2. The number of hydrogen-bond acceptors (Lipinski definition) is 3. The van der Waals surface area contributed by atoms with Crippen LogP contribution in [0.4, 0.5) is 5.69 Å². The van der Waals surface area contributed by atoms with Gasteiger partial charge in [0.15, 0.2) is 0 Å². The van der Waals surface area contributed by atoms with Crippen molar-refractivity contribution in [1.29, 1.82) is 0 Å². The Labute approximate surface area is 100 Å². The van der Waals surface area contributed by atoms with Crippen molar-refractivity contribution >= 4 is 17.6 Å². The molecule has 0 bridgehead atoms. The van der Waals surface area contributed by atoms with Crippen molar-refractivity contribution in [2.24, 2.45) is 0 Å². The van der Waals surface area contributed by atoms with Crippen molar-refractivity contribution in [1.82, 2.24) is 0 Å². The maximum Gasteiger partial charge on any atom is 0.330 e. The van der Waals surface area contributed by atoms with Gasteiger partial charge in [-0.15, -0.1) is 0 Å². The van der Waals surface area contributed by atoms with Crippen LogP contribution >= 0.6 is 0 Å². The van der Waals surface area contributed by atoms with E-state index in [1.54, 1.807) is 19.1 Å². The first-order chi connectivity index (χ1) is 8.22. The summed E-state index contributed by atoms with van der Waals surface area (Å²) < 4.78 is 4.68. The van der Waals surface area contributed by atoms with E-state index in [2.05, 4.69) is 10.1 Å². The lowest BCUT2D eigenvalue weighted by molar-refractivity contribution is -0.137. The quantitative estimate of drug-likeness (QED) is 0.626. The molecule has 1 aromatic rings. The third-order valence-corrected chi connectivity index (χ3v) is 1.90. The van der Waals surface area contributed by atoms with Gasteiger partial charge < -0.3 is 10.1 Å². The number of amides is 1. The highest BCUT2D eigenvalue weighted by molar-refractivity contribution is 5.92. The minimum Gasteiger partial charge on any atom is -0.463 e. The number of carbonyl (C=O) groups excluding carboxylic acids is 2. The Hall–Kier alpha value is -2.10. The van der Waals surface area contributed by atoms with Crippen molar-refractivity contribution in [2.45, 2.75) is 13.3 Å². The molecule has 0 aliphatic heterocycles. The van der Waals surface area contributed by atoms with E-state index >= 15 is 0 Å². The van der Waals surface area contributed by atoms with E-state index in [0.29, 0.717) is 6.61 Å². The first kappa shape index (κ1) is 13.0. The summed E-state index contributed by atoms with van der Waals surface area (Å²) in [6, 6.07) is 9.14. The molecule has 0 fully saturated rings. The minimum atomic E-state index is -0.431. The highest BCUT2D eigenvalue weighted by atomic mass is 16.5. The average molecular weight is 233 g/mol. The summed E-state index contributed by atoms with van der Waals surface area (Å²) in [7, 11) is 0. The third kappa shape index (κ3) is 5.51. The molecule has 0 saturated heterocycles. The molecule has 1 aromatic carbocycles. The van der Waals surface area contributed by atoms with E-state index in [0.717, 1.165) is 5.69 Å². The van der Waals surface area contributed by atoms with Crippen LogP contribution in [0.5, 0.6) is 0 Å². The highest BCUT2D eigenvalue weighted by Gasteiger charge is 1.99. The van der Waals surface area contributed by atoms with Gasteiger partial charge in [0, 0.05) is 18.2 Å². The zero-order valence-electron chi connectivity index (χ0n) is 9.68. The second-order valence-corrected chi connectivity index (χ2v) is 3.27. The largest absolute Gasteiger partial charge is 0.463 e. The summed E-state index contributed by atoms with van der Waals surface area (Å²) in [5, 5.41) is 2.71. The van der Waals surface area contributed by atoms with Crippen molar-refractivity contribution in [3.05, 3.63) is 42.5 Å². The molecule has 0 aliphatic rings. The van der Waals surface area contributed by atoms with Gasteiger partial charge in [0.25, 0.3) is 0 Å². The Morgan fingerprint density at radius 1 is 1.29 bits per heavy atom. The molecular formula is C13H15NO3. The molecule has 0 aromatic heterocycles.